The van der Waals surface area contributed by atoms with E-state index in [0.717, 1.165) is 5.69 Å². The first-order chi connectivity index (χ1) is 14.0. The molecule has 1 saturated heterocycles. The van der Waals surface area contributed by atoms with E-state index >= 15 is 0 Å². The molecule has 1 N–H and O–H groups in total. The first-order valence-corrected chi connectivity index (χ1v) is 9.29. The molecule has 148 valence electrons. The average molecular weight is 415 g/mol. The van der Waals surface area contributed by atoms with Crippen LogP contribution < -0.4 is 10.2 Å². The molecule has 0 bridgehead atoms. The molecule has 3 aromatic rings. The predicted octanol–water partition coefficient (Wildman–Crippen LogP) is 3.56. The van der Waals surface area contributed by atoms with Crippen molar-refractivity contribution in [3.8, 4) is 0 Å². The third-order valence-corrected chi connectivity index (χ3v) is 4.81. The van der Waals surface area contributed by atoms with Gasteiger partial charge < -0.3 is 9.32 Å². The summed E-state index contributed by atoms with van der Waals surface area (Å²) in [5.41, 5.74) is 1.27. The van der Waals surface area contributed by atoms with E-state index in [9.17, 15) is 14.0 Å². The van der Waals surface area contributed by atoms with Crippen molar-refractivity contribution in [2.24, 2.45) is 0 Å². The van der Waals surface area contributed by atoms with Crippen molar-refractivity contribution in [1.82, 2.24) is 10.2 Å². The Morgan fingerprint density at radius 3 is 2.79 bits per heavy atom. The Bertz CT molecular complexity index is 1050. The number of carbonyl (C=O) groups is 2. The molecule has 1 aromatic heterocycles. The lowest BCUT2D eigenvalue weighted by Crippen LogP contribution is -2.24. The van der Waals surface area contributed by atoms with Crippen molar-refractivity contribution in [2.75, 3.05) is 16.8 Å². The Morgan fingerprint density at radius 2 is 2.03 bits per heavy atom. The van der Waals surface area contributed by atoms with Gasteiger partial charge in [-0.05, 0) is 42.0 Å². The number of aromatic nitrogens is 2. The maximum Gasteiger partial charge on any atom is 0.322 e. The van der Waals surface area contributed by atoms with Gasteiger partial charge in [-0.1, -0.05) is 28.8 Å². The van der Waals surface area contributed by atoms with Gasteiger partial charge in [-0.25, -0.2) is 4.39 Å². The number of anilines is 2. The summed E-state index contributed by atoms with van der Waals surface area (Å²) >= 11 is 5.89. The van der Waals surface area contributed by atoms with Crippen molar-refractivity contribution in [3.05, 3.63) is 70.8 Å². The van der Waals surface area contributed by atoms with Gasteiger partial charge in [0.25, 0.3) is 0 Å². The normalized spacial score (nSPS) is 16.3. The molecule has 2 aromatic carbocycles. The number of amides is 2. The van der Waals surface area contributed by atoms with Crippen LogP contribution >= 0.6 is 11.6 Å². The zero-order chi connectivity index (χ0) is 20.4. The number of hydrogen-bond donors (Lipinski definition) is 1. The summed E-state index contributed by atoms with van der Waals surface area (Å²) in [5.74, 6) is -0.884. The SMILES string of the molecule is O=C(Cc1cccc(F)c1)Nc1nnc([C@@H]2CC(=O)N(c3ccc(Cl)cc3)C2)o1. The molecule has 1 aliphatic rings. The van der Waals surface area contributed by atoms with E-state index in [-0.39, 0.29) is 36.6 Å². The summed E-state index contributed by atoms with van der Waals surface area (Å²) in [6.07, 6.45) is 0.198. The molecule has 9 heteroatoms. The van der Waals surface area contributed by atoms with E-state index in [4.69, 9.17) is 16.0 Å². The highest BCUT2D eigenvalue weighted by Crippen LogP contribution is 2.32. The average Bonchev–Trinajstić information content (AvgIpc) is 3.29. The Labute approximate surface area is 170 Å². The third-order valence-electron chi connectivity index (χ3n) is 4.55. The first-order valence-electron chi connectivity index (χ1n) is 8.91. The second-order valence-electron chi connectivity index (χ2n) is 6.68. The van der Waals surface area contributed by atoms with Gasteiger partial charge in [-0.2, -0.15) is 0 Å². The second-order valence-corrected chi connectivity index (χ2v) is 7.12. The smallest absolute Gasteiger partial charge is 0.322 e. The fraction of sp³-hybridized carbons (Fsp3) is 0.200. The molecule has 2 amide bonds. The van der Waals surface area contributed by atoms with Crippen LogP contribution in [0.25, 0.3) is 0 Å². The highest BCUT2D eigenvalue weighted by atomic mass is 35.5. The van der Waals surface area contributed by atoms with Gasteiger partial charge in [0.15, 0.2) is 0 Å². The van der Waals surface area contributed by atoms with Crippen LogP contribution in [0, 0.1) is 5.82 Å². The highest BCUT2D eigenvalue weighted by molar-refractivity contribution is 6.30. The van der Waals surface area contributed by atoms with Gasteiger partial charge in [-0.15, -0.1) is 5.10 Å². The van der Waals surface area contributed by atoms with Crippen molar-refractivity contribution in [1.29, 1.82) is 0 Å². The van der Waals surface area contributed by atoms with Gasteiger partial charge in [-0.3, -0.25) is 14.9 Å². The summed E-state index contributed by atoms with van der Waals surface area (Å²) in [6, 6.07) is 12.7. The molecule has 0 aliphatic carbocycles. The minimum Gasteiger partial charge on any atom is -0.407 e. The zero-order valence-corrected chi connectivity index (χ0v) is 15.9. The Balaban J connectivity index is 1.39. The van der Waals surface area contributed by atoms with Crippen LogP contribution in [0.4, 0.5) is 16.1 Å². The predicted molar refractivity (Wildman–Crippen MR) is 104 cm³/mol. The summed E-state index contributed by atoms with van der Waals surface area (Å²) in [6.45, 7) is 0.388. The lowest BCUT2D eigenvalue weighted by Gasteiger charge is -2.15. The number of nitrogens with one attached hydrogen (secondary N) is 1. The van der Waals surface area contributed by atoms with Crippen LogP contribution in [0.1, 0.15) is 23.8 Å². The molecule has 4 rings (SSSR count). The molecular weight excluding hydrogens is 399 g/mol. The van der Waals surface area contributed by atoms with E-state index in [1.807, 2.05) is 0 Å². The van der Waals surface area contributed by atoms with Gasteiger partial charge >= 0.3 is 6.01 Å². The van der Waals surface area contributed by atoms with Crippen molar-refractivity contribution >= 4 is 35.1 Å². The number of halogens is 2. The van der Waals surface area contributed by atoms with E-state index in [0.29, 0.717) is 17.1 Å². The Hall–Kier alpha value is -3.26. The number of benzene rings is 2. The van der Waals surface area contributed by atoms with Gasteiger partial charge in [0.1, 0.15) is 5.82 Å². The standard InChI is InChI=1S/C20H16ClFN4O3/c21-14-4-6-16(7-5-14)26-11-13(10-18(26)28)19-24-25-20(29-19)23-17(27)9-12-2-1-3-15(22)8-12/h1-8,13H,9-11H2,(H,23,25,27)/t13-/m1/s1. The van der Waals surface area contributed by atoms with Crippen molar-refractivity contribution in [2.45, 2.75) is 18.8 Å². The molecule has 0 spiro atoms. The Kier molecular flexibility index (Phi) is 5.26. The fourth-order valence-corrected chi connectivity index (χ4v) is 3.32. The van der Waals surface area contributed by atoms with Crippen LogP contribution in [-0.2, 0) is 16.0 Å². The number of hydrogen-bond acceptors (Lipinski definition) is 5. The summed E-state index contributed by atoms with van der Waals surface area (Å²) in [7, 11) is 0. The van der Waals surface area contributed by atoms with Crippen molar-refractivity contribution < 1.29 is 18.4 Å². The van der Waals surface area contributed by atoms with E-state index in [1.165, 1.54) is 18.2 Å². The first kappa shape index (κ1) is 19.1. The molecule has 7 nitrogen and oxygen atoms in total. The molecule has 0 unspecified atom stereocenters. The summed E-state index contributed by atoms with van der Waals surface area (Å²) in [5, 5.41) is 10.9. The van der Waals surface area contributed by atoms with Crippen LogP contribution in [0.2, 0.25) is 5.02 Å². The summed E-state index contributed by atoms with van der Waals surface area (Å²) in [4.78, 5) is 26.1. The van der Waals surface area contributed by atoms with Crippen LogP contribution in [-0.4, -0.2) is 28.6 Å². The van der Waals surface area contributed by atoms with Crippen molar-refractivity contribution in [3.63, 3.8) is 0 Å². The largest absolute Gasteiger partial charge is 0.407 e. The minimum absolute atomic E-state index is 0.0261. The molecule has 1 aliphatic heterocycles. The number of nitrogens with zero attached hydrogens (tertiary/aromatic N) is 3. The highest BCUT2D eigenvalue weighted by Gasteiger charge is 2.35. The molecule has 0 radical (unpaired) electrons. The van der Waals surface area contributed by atoms with E-state index in [1.54, 1.807) is 35.2 Å². The third kappa shape index (κ3) is 4.43. The number of carbonyl (C=O) groups excluding carboxylic acids is 2. The molecule has 1 atom stereocenters. The molecule has 1 fully saturated rings. The van der Waals surface area contributed by atoms with Gasteiger partial charge in [0.2, 0.25) is 17.7 Å². The second kappa shape index (κ2) is 8.00. The van der Waals surface area contributed by atoms with Crippen LogP contribution in [0.3, 0.4) is 0 Å². The maximum absolute atomic E-state index is 13.2. The zero-order valence-electron chi connectivity index (χ0n) is 15.1. The minimum atomic E-state index is -0.411. The topological polar surface area (TPSA) is 88.3 Å². The maximum atomic E-state index is 13.2. The fourth-order valence-electron chi connectivity index (χ4n) is 3.19. The van der Waals surface area contributed by atoms with Crippen LogP contribution in [0.5, 0.6) is 0 Å². The monoisotopic (exact) mass is 414 g/mol. The van der Waals surface area contributed by atoms with Gasteiger partial charge in [0.05, 0.1) is 12.3 Å². The molecule has 29 heavy (non-hydrogen) atoms. The van der Waals surface area contributed by atoms with E-state index in [2.05, 4.69) is 15.5 Å². The number of rotatable bonds is 5. The molecular formula is C20H16ClFN4O3. The quantitative estimate of drug-likeness (QED) is 0.689. The lowest BCUT2D eigenvalue weighted by atomic mass is 10.1. The Morgan fingerprint density at radius 1 is 1.24 bits per heavy atom. The van der Waals surface area contributed by atoms with E-state index < -0.39 is 11.7 Å². The van der Waals surface area contributed by atoms with Gasteiger partial charge in [0, 0.05) is 23.7 Å². The summed E-state index contributed by atoms with van der Waals surface area (Å²) < 4.78 is 18.7. The molecule has 2 heterocycles. The van der Waals surface area contributed by atoms with Crippen LogP contribution in [0.15, 0.2) is 52.9 Å². The lowest BCUT2D eigenvalue weighted by molar-refractivity contribution is -0.117. The molecule has 0 saturated carbocycles.